The Morgan fingerprint density at radius 3 is 2.40 bits per heavy atom. The molecule has 6 heteroatoms. The molecular weight excluding hydrogens is 211 g/mol. The molecule has 0 aromatic heterocycles. The summed E-state index contributed by atoms with van der Waals surface area (Å²) < 4.78 is 38.6. The van der Waals surface area contributed by atoms with Gasteiger partial charge >= 0.3 is 5.97 Å². The maximum Gasteiger partial charge on any atom is 0.307 e. The standard InChI is InChI=1S/C9H8F3NO2/c10-6-1-4(2-7(14)15)5(3-13)8(11)9(6)12/h1H,2-3,13H2,(H,14,15). The van der Waals surface area contributed by atoms with Crippen LogP contribution in [0.2, 0.25) is 0 Å². The molecule has 0 amide bonds. The largest absolute Gasteiger partial charge is 0.481 e. The van der Waals surface area contributed by atoms with Gasteiger partial charge in [0.15, 0.2) is 17.5 Å². The number of carboxylic acids is 1. The molecule has 0 aliphatic rings. The number of carbonyl (C=O) groups is 1. The first-order valence-corrected chi connectivity index (χ1v) is 4.04. The van der Waals surface area contributed by atoms with Crippen molar-refractivity contribution in [3.63, 3.8) is 0 Å². The van der Waals surface area contributed by atoms with Gasteiger partial charge in [0.05, 0.1) is 6.42 Å². The van der Waals surface area contributed by atoms with Crippen LogP contribution in [0.1, 0.15) is 11.1 Å². The van der Waals surface area contributed by atoms with Gasteiger partial charge in [-0.1, -0.05) is 0 Å². The molecule has 0 aliphatic carbocycles. The van der Waals surface area contributed by atoms with Crippen LogP contribution in [0.3, 0.4) is 0 Å². The van der Waals surface area contributed by atoms with Crippen molar-refractivity contribution < 1.29 is 23.1 Å². The van der Waals surface area contributed by atoms with Gasteiger partial charge in [-0.15, -0.1) is 0 Å². The lowest BCUT2D eigenvalue weighted by atomic mass is 10.0. The van der Waals surface area contributed by atoms with Gasteiger partial charge in [0, 0.05) is 12.1 Å². The van der Waals surface area contributed by atoms with E-state index in [2.05, 4.69) is 0 Å². The molecule has 0 saturated carbocycles. The number of hydrogen-bond acceptors (Lipinski definition) is 2. The van der Waals surface area contributed by atoms with Gasteiger partial charge in [0.25, 0.3) is 0 Å². The van der Waals surface area contributed by atoms with Crippen LogP contribution >= 0.6 is 0 Å². The average Bonchev–Trinajstić information content (AvgIpc) is 2.14. The Hall–Kier alpha value is -1.56. The van der Waals surface area contributed by atoms with Gasteiger partial charge in [0.2, 0.25) is 0 Å². The zero-order valence-electron chi connectivity index (χ0n) is 7.56. The van der Waals surface area contributed by atoms with E-state index < -0.39 is 29.8 Å². The molecule has 0 heterocycles. The first kappa shape index (κ1) is 11.5. The highest BCUT2D eigenvalue weighted by Crippen LogP contribution is 2.20. The van der Waals surface area contributed by atoms with Gasteiger partial charge in [0.1, 0.15) is 0 Å². The van der Waals surface area contributed by atoms with Crippen LogP contribution in [0.25, 0.3) is 0 Å². The fourth-order valence-corrected chi connectivity index (χ4v) is 1.22. The summed E-state index contributed by atoms with van der Waals surface area (Å²) >= 11 is 0. The number of benzene rings is 1. The van der Waals surface area contributed by atoms with Crippen LogP contribution in [0.5, 0.6) is 0 Å². The summed E-state index contributed by atoms with van der Waals surface area (Å²) in [5, 5.41) is 8.46. The van der Waals surface area contributed by atoms with Crippen molar-refractivity contribution in [1.82, 2.24) is 0 Å². The van der Waals surface area contributed by atoms with E-state index in [0.717, 1.165) is 0 Å². The molecule has 1 aromatic carbocycles. The lowest BCUT2D eigenvalue weighted by molar-refractivity contribution is -0.136. The van der Waals surface area contributed by atoms with Crippen LogP contribution < -0.4 is 5.73 Å². The van der Waals surface area contributed by atoms with E-state index in [4.69, 9.17) is 10.8 Å². The highest BCUT2D eigenvalue weighted by Gasteiger charge is 2.18. The Kier molecular flexibility index (Phi) is 3.31. The van der Waals surface area contributed by atoms with Crippen molar-refractivity contribution >= 4 is 5.97 Å². The smallest absolute Gasteiger partial charge is 0.307 e. The number of hydrogen-bond donors (Lipinski definition) is 2. The van der Waals surface area contributed by atoms with E-state index in [1.54, 1.807) is 0 Å². The minimum Gasteiger partial charge on any atom is -0.481 e. The molecule has 0 saturated heterocycles. The van der Waals surface area contributed by atoms with E-state index in [0.29, 0.717) is 6.07 Å². The Morgan fingerprint density at radius 1 is 1.33 bits per heavy atom. The summed E-state index contributed by atoms with van der Waals surface area (Å²) in [6, 6.07) is 0.648. The second-order valence-electron chi connectivity index (χ2n) is 2.90. The van der Waals surface area contributed by atoms with Gasteiger partial charge in [-0.3, -0.25) is 4.79 Å². The van der Waals surface area contributed by atoms with Crippen molar-refractivity contribution in [1.29, 1.82) is 0 Å². The molecule has 0 aliphatic heterocycles. The lowest BCUT2D eigenvalue weighted by Crippen LogP contribution is -2.12. The molecule has 1 rings (SSSR count). The predicted molar refractivity (Wildman–Crippen MR) is 45.5 cm³/mol. The van der Waals surface area contributed by atoms with Gasteiger partial charge in [-0.2, -0.15) is 0 Å². The number of nitrogens with two attached hydrogens (primary N) is 1. The molecule has 82 valence electrons. The first-order valence-electron chi connectivity index (χ1n) is 4.04. The summed E-state index contributed by atoms with van der Waals surface area (Å²) in [5.41, 5.74) is 4.66. The summed E-state index contributed by atoms with van der Waals surface area (Å²) in [5.74, 6) is -5.74. The topological polar surface area (TPSA) is 63.3 Å². The number of carboxylic acid groups (broad SMARTS) is 1. The molecule has 1 aromatic rings. The number of aliphatic carboxylic acids is 1. The second-order valence-corrected chi connectivity index (χ2v) is 2.90. The second kappa shape index (κ2) is 4.31. The van der Waals surface area contributed by atoms with Gasteiger partial charge in [-0.25, -0.2) is 13.2 Å². The quantitative estimate of drug-likeness (QED) is 0.750. The Balaban J connectivity index is 3.31. The lowest BCUT2D eigenvalue weighted by Gasteiger charge is -2.08. The number of halogens is 3. The van der Waals surface area contributed by atoms with E-state index in [-0.39, 0.29) is 17.7 Å². The van der Waals surface area contributed by atoms with Crippen LogP contribution in [-0.4, -0.2) is 11.1 Å². The van der Waals surface area contributed by atoms with E-state index in [9.17, 15) is 18.0 Å². The van der Waals surface area contributed by atoms with Crippen molar-refractivity contribution in [2.75, 3.05) is 0 Å². The van der Waals surface area contributed by atoms with Crippen LogP contribution in [0, 0.1) is 17.5 Å². The fraction of sp³-hybridized carbons (Fsp3) is 0.222. The normalized spacial score (nSPS) is 10.4. The average molecular weight is 219 g/mol. The zero-order chi connectivity index (χ0) is 11.6. The maximum atomic E-state index is 13.1. The minimum absolute atomic E-state index is 0.151. The molecule has 0 spiro atoms. The van der Waals surface area contributed by atoms with Crippen molar-refractivity contribution in [2.45, 2.75) is 13.0 Å². The Bertz CT molecular complexity index is 407. The molecule has 3 N–H and O–H groups in total. The summed E-state index contributed by atoms with van der Waals surface area (Å²) in [6.07, 6.45) is -0.597. The minimum atomic E-state index is -1.63. The van der Waals surface area contributed by atoms with Crippen molar-refractivity contribution in [2.24, 2.45) is 5.73 Å². The SMILES string of the molecule is NCc1c(CC(=O)O)cc(F)c(F)c1F. The zero-order valence-corrected chi connectivity index (χ0v) is 7.56. The van der Waals surface area contributed by atoms with Gasteiger partial charge < -0.3 is 10.8 Å². The molecule has 0 bridgehead atoms. The highest BCUT2D eigenvalue weighted by atomic mass is 19.2. The molecule has 0 fully saturated rings. The predicted octanol–water partition coefficient (Wildman–Crippen LogP) is 1.19. The fourth-order valence-electron chi connectivity index (χ4n) is 1.22. The maximum absolute atomic E-state index is 13.1. The van der Waals surface area contributed by atoms with Crippen LogP contribution in [0.4, 0.5) is 13.2 Å². The third kappa shape index (κ3) is 2.27. The summed E-state index contributed by atoms with van der Waals surface area (Å²) in [4.78, 5) is 10.4. The van der Waals surface area contributed by atoms with Crippen LogP contribution in [-0.2, 0) is 17.8 Å². The summed E-state index contributed by atoms with van der Waals surface area (Å²) in [6.45, 7) is -0.383. The molecule has 3 nitrogen and oxygen atoms in total. The van der Waals surface area contributed by atoms with E-state index in [1.165, 1.54) is 0 Å². The third-order valence-corrected chi connectivity index (χ3v) is 1.90. The summed E-state index contributed by atoms with van der Waals surface area (Å²) in [7, 11) is 0. The molecule has 0 unspecified atom stereocenters. The van der Waals surface area contributed by atoms with E-state index >= 15 is 0 Å². The Morgan fingerprint density at radius 2 is 1.93 bits per heavy atom. The van der Waals surface area contributed by atoms with Gasteiger partial charge in [-0.05, 0) is 11.6 Å². The highest BCUT2D eigenvalue weighted by molar-refractivity contribution is 5.70. The first-order chi connectivity index (χ1) is 6.97. The monoisotopic (exact) mass is 219 g/mol. The number of rotatable bonds is 3. The molecule has 0 atom stereocenters. The van der Waals surface area contributed by atoms with E-state index in [1.807, 2.05) is 0 Å². The molecule has 15 heavy (non-hydrogen) atoms. The van der Waals surface area contributed by atoms with Crippen molar-refractivity contribution in [3.05, 3.63) is 34.6 Å². The molecule has 0 radical (unpaired) electrons. The van der Waals surface area contributed by atoms with Crippen LogP contribution in [0.15, 0.2) is 6.07 Å². The van der Waals surface area contributed by atoms with Crippen molar-refractivity contribution in [3.8, 4) is 0 Å². The molecular formula is C9H8F3NO2. The Labute approximate surface area is 83.3 Å². The third-order valence-electron chi connectivity index (χ3n) is 1.90.